The van der Waals surface area contributed by atoms with Gasteiger partial charge in [-0.1, -0.05) is 31.0 Å². The van der Waals surface area contributed by atoms with Crippen molar-refractivity contribution in [2.45, 2.75) is 39.2 Å². The summed E-state index contributed by atoms with van der Waals surface area (Å²) in [5.74, 6) is 0.531. The molecule has 0 spiro atoms. The van der Waals surface area contributed by atoms with Crippen LogP contribution in [0.15, 0.2) is 29.3 Å². The van der Waals surface area contributed by atoms with Crippen LogP contribution in [-0.2, 0) is 11.3 Å². The topological polar surface area (TPSA) is 56.7 Å². The van der Waals surface area contributed by atoms with Gasteiger partial charge in [-0.3, -0.25) is 4.79 Å². The zero-order chi connectivity index (χ0) is 18.3. The average Bonchev–Trinajstić information content (AvgIpc) is 3.08. The molecule has 26 heavy (non-hydrogen) atoms. The molecule has 1 aromatic carbocycles. The van der Waals surface area contributed by atoms with Crippen molar-refractivity contribution in [3.63, 3.8) is 0 Å². The predicted octanol–water partition coefficient (Wildman–Crippen LogP) is 3.15. The van der Waals surface area contributed by atoms with Gasteiger partial charge in [-0.2, -0.15) is 0 Å². The number of carbonyl (C=O) groups excluding carboxylic acids is 1. The minimum atomic E-state index is -0.363. The van der Waals surface area contributed by atoms with Crippen molar-refractivity contribution in [3.05, 3.63) is 35.6 Å². The number of hydrogen-bond acceptors (Lipinski definition) is 2. The van der Waals surface area contributed by atoms with E-state index in [1.54, 1.807) is 37.2 Å². The zero-order valence-electron chi connectivity index (χ0n) is 15.8. The van der Waals surface area contributed by atoms with E-state index in [0.717, 1.165) is 25.7 Å². The molecule has 5 nitrogen and oxygen atoms in total. The van der Waals surface area contributed by atoms with Crippen LogP contribution in [0.25, 0.3) is 0 Å². The lowest BCUT2D eigenvalue weighted by Crippen LogP contribution is -2.49. The minimum absolute atomic E-state index is 0. The summed E-state index contributed by atoms with van der Waals surface area (Å²) in [6, 6.07) is 6.64. The monoisotopic (exact) mass is 476 g/mol. The number of benzene rings is 1. The molecule has 0 radical (unpaired) electrons. The Hall–Kier alpha value is -1.38. The Bertz CT molecular complexity index is 615. The lowest BCUT2D eigenvalue weighted by Gasteiger charge is -2.31. The van der Waals surface area contributed by atoms with Gasteiger partial charge in [0.25, 0.3) is 0 Å². The molecule has 2 rings (SSSR count). The van der Waals surface area contributed by atoms with E-state index in [2.05, 4.69) is 15.6 Å². The van der Waals surface area contributed by atoms with Crippen molar-refractivity contribution >= 4 is 35.8 Å². The molecular formula is C19H30FIN4O. The fourth-order valence-corrected chi connectivity index (χ4v) is 3.38. The maximum absolute atomic E-state index is 13.8. The second-order valence-corrected chi connectivity index (χ2v) is 6.83. The van der Waals surface area contributed by atoms with Crippen molar-refractivity contribution in [1.29, 1.82) is 0 Å². The largest absolute Gasteiger partial charge is 0.357 e. The normalized spacial score (nSPS) is 15.9. The molecule has 7 heteroatoms. The molecule has 0 unspecified atom stereocenters. The highest BCUT2D eigenvalue weighted by Gasteiger charge is 2.42. The van der Waals surface area contributed by atoms with Gasteiger partial charge in [-0.15, -0.1) is 24.0 Å². The smallest absolute Gasteiger partial charge is 0.230 e. The first-order valence-electron chi connectivity index (χ1n) is 8.96. The third-order valence-corrected chi connectivity index (χ3v) is 4.72. The number of hydrogen-bond donors (Lipinski definition) is 2. The Morgan fingerprint density at radius 3 is 2.46 bits per heavy atom. The van der Waals surface area contributed by atoms with E-state index in [9.17, 15) is 9.18 Å². The molecule has 0 bridgehead atoms. The first kappa shape index (κ1) is 22.7. The fourth-order valence-electron chi connectivity index (χ4n) is 3.38. The molecule has 2 N–H and O–H groups in total. The number of nitrogens with zero attached hydrogens (tertiary/aromatic N) is 2. The lowest BCUT2D eigenvalue weighted by atomic mass is 9.84. The molecule has 146 valence electrons. The van der Waals surface area contributed by atoms with Crippen molar-refractivity contribution < 1.29 is 9.18 Å². The van der Waals surface area contributed by atoms with Crippen molar-refractivity contribution in [1.82, 2.24) is 15.5 Å². The first-order chi connectivity index (χ1) is 12.0. The van der Waals surface area contributed by atoms with Gasteiger partial charge < -0.3 is 15.5 Å². The van der Waals surface area contributed by atoms with Crippen molar-refractivity contribution in [2.24, 2.45) is 10.4 Å². The number of halogens is 2. The fraction of sp³-hybridized carbons (Fsp3) is 0.579. The zero-order valence-corrected chi connectivity index (χ0v) is 18.2. The van der Waals surface area contributed by atoms with Crippen molar-refractivity contribution in [3.8, 4) is 0 Å². The molecule has 1 aliphatic carbocycles. The number of aliphatic imine (C=N–C) groups is 1. The van der Waals surface area contributed by atoms with E-state index in [1.807, 2.05) is 6.92 Å². The SMILES string of the molecule is CCNC(=NCc1ccccc1F)NCC1(C(=O)N(C)C)CCCC1.I. The molecule has 1 fully saturated rings. The summed E-state index contributed by atoms with van der Waals surface area (Å²) in [6.45, 7) is 3.50. The Kier molecular flexibility index (Phi) is 9.32. The van der Waals surface area contributed by atoms with Gasteiger partial charge in [0, 0.05) is 32.7 Å². The molecule has 1 aliphatic rings. The van der Waals surface area contributed by atoms with E-state index >= 15 is 0 Å². The Morgan fingerprint density at radius 2 is 1.88 bits per heavy atom. The first-order valence-corrected chi connectivity index (χ1v) is 8.96. The van der Waals surface area contributed by atoms with Crippen LogP contribution >= 0.6 is 24.0 Å². The van der Waals surface area contributed by atoms with E-state index in [0.29, 0.717) is 24.6 Å². The molecule has 0 aliphatic heterocycles. The van der Waals surface area contributed by atoms with E-state index in [-0.39, 0.29) is 47.7 Å². The van der Waals surface area contributed by atoms with Gasteiger partial charge in [0.1, 0.15) is 5.82 Å². The average molecular weight is 476 g/mol. The molecule has 0 heterocycles. The summed E-state index contributed by atoms with van der Waals surface area (Å²) in [5.41, 5.74) is 0.192. The lowest BCUT2D eigenvalue weighted by molar-refractivity contribution is -0.138. The quantitative estimate of drug-likeness (QED) is 0.377. The Balaban J connectivity index is 0.00000338. The summed E-state index contributed by atoms with van der Waals surface area (Å²) in [7, 11) is 3.61. The van der Waals surface area contributed by atoms with E-state index < -0.39 is 0 Å². The third kappa shape index (κ3) is 5.82. The molecule has 0 atom stereocenters. The van der Waals surface area contributed by atoms with E-state index in [1.165, 1.54) is 6.07 Å². The van der Waals surface area contributed by atoms with Gasteiger partial charge in [-0.25, -0.2) is 9.38 Å². The maximum Gasteiger partial charge on any atom is 0.230 e. The van der Waals surface area contributed by atoms with Crippen molar-refractivity contribution in [2.75, 3.05) is 27.2 Å². The molecule has 0 saturated heterocycles. The van der Waals surface area contributed by atoms with Gasteiger partial charge in [0.15, 0.2) is 5.96 Å². The van der Waals surface area contributed by atoms with Crippen LogP contribution in [0.1, 0.15) is 38.2 Å². The molecule has 0 aromatic heterocycles. The van der Waals surface area contributed by atoms with Crippen LogP contribution in [0, 0.1) is 11.2 Å². The van der Waals surface area contributed by atoms with Crippen LogP contribution in [0.3, 0.4) is 0 Å². The van der Waals surface area contributed by atoms with Crippen LogP contribution in [0.4, 0.5) is 4.39 Å². The molecular weight excluding hydrogens is 446 g/mol. The number of amides is 1. The summed E-state index contributed by atoms with van der Waals surface area (Å²) >= 11 is 0. The second-order valence-electron chi connectivity index (χ2n) is 6.83. The van der Waals surface area contributed by atoms with Gasteiger partial charge in [0.2, 0.25) is 5.91 Å². The maximum atomic E-state index is 13.8. The highest BCUT2D eigenvalue weighted by molar-refractivity contribution is 14.0. The highest BCUT2D eigenvalue weighted by Crippen LogP contribution is 2.38. The number of nitrogens with one attached hydrogen (secondary N) is 2. The number of carbonyl (C=O) groups is 1. The van der Waals surface area contributed by atoms with Crippen LogP contribution in [0.2, 0.25) is 0 Å². The standard InChI is InChI=1S/C19H29FN4O.HI/c1-4-21-18(22-13-15-9-5-6-10-16(15)20)23-14-19(11-7-8-12-19)17(25)24(2)3;/h5-6,9-10H,4,7-8,11-14H2,1-3H3,(H2,21,22,23);1H. The minimum Gasteiger partial charge on any atom is -0.357 e. The molecule has 1 saturated carbocycles. The molecule has 1 aromatic rings. The summed E-state index contributed by atoms with van der Waals surface area (Å²) in [4.78, 5) is 18.8. The predicted molar refractivity (Wildman–Crippen MR) is 114 cm³/mol. The molecule has 1 amide bonds. The summed E-state index contributed by atoms with van der Waals surface area (Å²) in [6.07, 6.45) is 3.93. The van der Waals surface area contributed by atoms with Crippen LogP contribution < -0.4 is 10.6 Å². The Morgan fingerprint density at radius 1 is 1.23 bits per heavy atom. The van der Waals surface area contributed by atoms with Gasteiger partial charge in [-0.05, 0) is 25.8 Å². The Labute approximate surface area is 172 Å². The van der Waals surface area contributed by atoms with Gasteiger partial charge >= 0.3 is 0 Å². The third-order valence-electron chi connectivity index (χ3n) is 4.72. The summed E-state index contributed by atoms with van der Waals surface area (Å²) in [5, 5.41) is 6.47. The second kappa shape index (κ2) is 10.7. The van der Waals surface area contributed by atoms with Crippen LogP contribution in [0.5, 0.6) is 0 Å². The summed E-state index contributed by atoms with van der Waals surface area (Å²) < 4.78 is 13.8. The van der Waals surface area contributed by atoms with Gasteiger partial charge in [0.05, 0.1) is 12.0 Å². The number of guanidine groups is 1. The van der Waals surface area contributed by atoms with Crippen LogP contribution in [-0.4, -0.2) is 44.0 Å². The number of rotatable bonds is 6. The highest BCUT2D eigenvalue weighted by atomic mass is 127. The van der Waals surface area contributed by atoms with E-state index in [4.69, 9.17) is 0 Å².